The molecule has 2 fully saturated rings. The summed E-state index contributed by atoms with van der Waals surface area (Å²) in [5.41, 5.74) is 4.71. The molecule has 0 radical (unpaired) electrons. The predicted octanol–water partition coefficient (Wildman–Crippen LogP) is 7.23. The summed E-state index contributed by atoms with van der Waals surface area (Å²) >= 11 is 15.2. The van der Waals surface area contributed by atoms with Gasteiger partial charge < -0.3 is 9.47 Å². The number of fused-ring (bicyclic) bond motifs is 3. The van der Waals surface area contributed by atoms with Gasteiger partial charge in [0.2, 0.25) is 0 Å². The fourth-order valence-electron chi connectivity index (χ4n) is 7.68. The molecule has 0 bridgehead atoms. The van der Waals surface area contributed by atoms with Crippen LogP contribution in [0, 0.1) is 11.8 Å². The summed E-state index contributed by atoms with van der Waals surface area (Å²) in [6.07, 6.45) is 6.56. The van der Waals surface area contributed by atoms with E-state index in [1.54, 1.807) is 28.7 Å². The van der Waals surface area contributed by atoms with Crippen molar-refractivity contribution < 1.29 is 9.18 Å². The van der Waals surface area contributed by atoms with E-state index in [1.807, 2.05) is 6.07 Å². The Morgan fingerprint density at radius 3 is 2.62 bits per heavy atom. The number of imidazole rings is 1. The van der Waals surface area contributed by atoms with Crippen molar-refractivity contribution in [3.63, 3.8) is 0 Å². The second-order valence-electron chi connectivity index (χ2n) is 12.5. The highest BCUT2D eigenvalue weighted by atomic mass is 35.5. The van der Waals surface area contributed by atoms with Gasteiger partial charge in [0.25, 0.3) is 5.91 Å². The number of rotatable bonds is 7. The van der Waals surface area contributed by atoms with E-state index in [2.05, 4.69) is 51.4 Å². The molecule has 1 saturated carbocycles. The van der Waals surface area contributed by atoms with E-state index in [-0.39, 0.29) is 18.9 Å². The Morgan fingerprint density at radius 2 is 1.91 bits per heavy atom. The number of hydrogen-bond acceptors (Lipinski definition) is 6. The Labute approximate surface area is 274 Å². The lowest BCUT2D eigenvalue weighted by atomic mass is 9.93. The van der Waals surface area contributed by atoms with Crippen molar-refractivity contribution in [2.24, 2.45) is 11.8 Å². The molecule has 3 unspecified atom stereocenters. The number of carbonyl (C=O) groups excluding carboxylic acids is 1. The topological polar surface area (TPSA) is 80.9 Å². The van der Waals surface area contributed by atoms with Crippen LogP contribution in [0.3, 0.4) is 0 Å². The van der Waals surface area contributed by atoms with Crippen molar-refractivity contribution >= 4 is 56.5 Å². The third-order valence-corrected chi connectivity index (χ3v) is 11.3. The van der Waals surface area contributed by atoms with Crippen molar-refractivity contribution in [3.8, 4) is 11.1 Å². The lowest BCUT2D eigenvalue weighted by Crippen LogP contribution is -2.28. The van der Waals surface area contributed by atoms with Crippen LogP contribution in [0.2, 0.25) is 10.0 Å². The molecule has 0 spiro atoms. The van der Waals surface area contributed by atoms with Gasteiger partial charge in [0.05, 0.1) is 28.6 Å². The van der Waals surface area contributed by atoms with Crippen LogP contribution in [0.4, 0.5) is 9.52 Å². The summed E-state index contributed by atoms with van der Waals surface area (Å²) in [5.74, 6) is 1.81. The normalized spacial score (nSPS) is 23.5. The Balaban J connectivity index is 1.12. The maximum absolute atomic E-state index is 14.4. The highest BCUT2D eigenvalue weighted by Crippen LogP contribution is 2.47. The zero-order valence-corrected chi connectivity index (χ0v) is 27.0. The van der Waals surface area contributed by atoms with Gasteiger partial charge >= 0.3 is 0 Å². The van der Waals surface area contributed by atoms with Crippen molar-refractivity contribution in [1.29, 1.82) is 0 Å². The van der Waals surface area contributed by atoms with E-state index in [4.69, 9.17) is 28.3 Å². The van der Waals surface area contributed by atoms with Crippen LogP contribution < -0.4 is 5.32 Å². The van der Waals surface area contributed by atoms with Gasteiger partial charge in [-0.05, 0) is 54.3 Å². The molecule has 5 aromatic rings. The first-order valence-electron chi connectivity index (χ1n) is 15.4. The molecule has 1 saturated heterocycles. The van der Waals surface area contributed by atoms with Crippen LogP contribution in [0.25, 0.3) is 22.0 Å². The third-order valence-electron chi connectivity index (χ3n) is 9.89. The SMILES string of the molecule is CCN1C[C@H]2CC(c3ccc(-c4cc(Cl)c5cn(C(C(=O)Nc6nccs6)c6ncn7c6CC(F)C7)nc5c4Cl)cc3)C[C@H]2C1. The van der Waals surface area contributed by atoms with Crippen LogP contribution in [0.5, 0.6) is 0 Å². The molecule has 5 atom stereocenters. The highest BCUT2D eigenvalue weighted by molar-refractivity contribution is 7.13. The van der Waals surface area contributed by atoms with Crippen LogP contribution in [0.1, 0.15) is 48.7 Å². The third kappa shape index (κ3) is 5.16. The smallest absolute Gasteiger partial charge is 0.257 e. The summed E-state index contributed by atoms with van der Waals surface area (Å²) in [5, 5.41) is 11.4. The molecule has 1 aliphatic carbocycles. The second-order valence-corrected chi connectivity index (χ2v) is 14.2. The van der Waals surface area contributed by atoms with Crippen molar-refractivity contribution in [2.45, 2.75) is 50.9 Å². The fraction of sp³-hybridized carbons (Fsp3) is 0.394. The molecule has 232 valence electrons. The molecule has 8 nitrogen and oxygen atoms in total. The molecule has 3 aliphatic rings. The average molecular weight is 665 g/mol. The highest BCUT2D eigenvalue weighted by Gasteiger charge is 2.40. The predicted molar refractivity (Wildman–Crippen MR) is 176 cm³/mol. The first-order chi connectivity index (χ1) is 21.9. The number of thiazole rings is 1. The van der Waals surface area contributed by atoms with Crippen molar-refractivity contribution in [3.05, 3.63) is 81.4 Å². The maximum Gasteiger partial charge on any atom is 0.257 e. The Kier molecular flexibility index (Phi) is 7.43. The monoisotopic (exact) mass is 663 g/mol. The van der Waals surface area contributed by atoms with Crippen molar-refractivity contribution in [2.75, 3.05) is 25.0 Å². The Hall–Kier alpha value is -3.31. The number of carbonyl (C=O) groups is 1. The van der Waals surface area contributed by atoms with E-state index < -0.39 is 12.2 Å². The molecule has 2 aliphatic heterocycles. The van der Waals surface area contributed by atoms with E-state index >= 15 is 0 Å². The quantitative estimate of drug-likeness (QED) is 0.199. The van der Waals surface area contributed by atoms with Gasteiger partial charge in [-0.1, -0.05) is 54.4 Å². The molecular weight excluding hydrogens is 632 g/mol. The van der Waals surface area contributed by atoms with E-state index in [1.165, 1.54) is 47.5 Å². The van der Waals surface area contributed by atoms with Crippen LogP contribution >= 0.6 is 34.5 Å². The fourth-order valence-corrected chi connectivity index (χ4v) is 8.76. The van der Waals surface area contributed by atoms with Gasteiger partial charge in [0.15, 0.2) is 11.2 Å². The first-order valence-corrected chi connectivity index (χ1v) is 17.1. The molecular formula is C33H32Cl2FN7OS. The van der Waals surface area contributed by atoms with Gasteiger partial charge in [-0.3, -0.25) is 14.8 Å². The number of hydrogen-bond donors (Lipinski definition) is 1. The van der Waals surface area contributed by atoms with Gasteiger partial charge in [-0.2, -0.15) is 5.10 Å². The van der Waals surface area contributed by atoms with Gasteiger partial charge in [-0.15, -0.1) is 11.3 Å². The number of nitrogens with one attached hydrogen (secondary N) is 1. The molecule has 45 heavy (non-hydrogen) atoms. The Morgan fingerprint density at radius 1 is 1.13 bits per heavy atom. The van der Waals surface area contributed by atoms with Crippen molar-refractivity contribution in [1.82, 2.24) is 29.2 Å². The molecule has 1 amide bonds. The molecule has 2 aromatic carbocycles. The van der Waals surface area contributed by atoms with Crippen LogP contribution in [0.15, 0.2) is 54.4 Å². The number of nitrogens with zero attached hydrogens (tertiary/aromatic N) is 6. The number of likely N-dealkylation sites (tertiary alicyclic amines) is 1. The number of amides is 1. The van der Waals surface area contributed by atoms with Gasteiger partial charge in [-0.25, -0.2) is 14.4 Å². The van der Waals surface area contributed by atoms with Gasteiger partial charge in [0.1, 0.15) is 11.7 Å². The molecule has 1 N–H and O–H groups in total. The number of aromatic nitrogens is 5. The number of halogens is 3. The van der Waals surface area contributed by atoms with Crippen LogP contribution in [-0.4, -0.2) is 60.9 Å². The second kappa shape index (κ2) is 11.5. The maximum atomic E-state index is 14.4. The number of anilines is 1. The summed E-state index contributed by atoms with van der Waals surface area (Å²) in [6, 6.07) is 9.57. The molecule has 12 heteroatoms. The lowest BCUT2D eigenvalue weighted by molar-refractivity contribution is -0.118. The minimum Gasteiger partial charge on any atom is -0.331 e. The summed E-state index contributed by atoms with van der Waals surface area (Å²) in [7, 11) is 0. The largest absolute Gasteiger partial charge is 0.331 e. The lowest BCUT2D eigenvalue weighted by Gasteiger charge is -2.17. The molecule has 5 heterocycles. The summed E-state index contributed by atoms with van der Waals surface area (Å²) in [6.45, 7) is 6.06. The molecule has 8 rings (SSSR count). The average Bonchev–Trinajstić information content (AvgIpc) is 3.86. The zero-order chi connectivity index (χ0) is 30.8. The minimum absolute atomic E-state index is 0.179. The van der Waals surface area contributed by atoms with E-state index in [0.717, 1.165) is 29.5 Å². The molecule has 3 aromatic heterocycles. The van der Waals surface area contributed by atoms with Gasteiger partial charge in [0, 0.05) is 53.9 Å². The summed E-state index contributed by atoms with van der Waals surface area (Å²) < 4.78 is 17.6. The van der Waals surface area contributed by atoms with Crippen LogP contribution in [-0.2, 0) is 17.8 Å². The minimum atomic E-state index is -1.03. The summed E-state index contributed by atoms with van der Waals surface area (Å²) in [4.78, 5) is 25.1. The van der Waals surface area contributed by atoms with E-state index in [9.17, 15) is 9.18 Å². The standard InChI is InChI=1S/C33H32Cl2FN7OS/c1-2-41-13-21-9-20(10-22(21)14-41)18-3-5-19(6-4-18)24-12-26(34)25-16-43(40-29(25)28(24)35)31(32(44)39-33-37-7-8-45-33)30-27-11-23(36)15-42(27)17-38-30/h3-8,12,16-17,20-23,31H,2,9-11,13-15H2,1H3,(H,37,39,44)/t20?,21-,22+,23?,31?. The Bertz CT molecular complexity index is 1880. The van der Waals surface area contributed by atoms with E-state index in [0.29, 0.717) is 43.4 Å². The number of benzene rings is 2. The zero-order valence-electron chi connectivity index (χ0n) is 24.7. The number of alkyl halides is 1. The first kappa shape index (κ1) is 29.1.